The molecule has 196 valence electrons. The number of nitrogens with one attached hydrogen (secondary N) is 4. The zero-order chi connectivity index (χ0) is 27.4. The van der Waals surface area contributed by atoms with Crippen LogP contribution in [0.4, 0.5) is 35.2 Å². The summed E-state index contributed by atoms with van der Waals surface area (Å²) < 4.78 is 38.3. The molecule has 0 radical (unpaired) electrons. The molecule has 0 aliphatic rings. The maximum absolute atomic E-state index is 12.8. The Morgan fingerprint density at radius 1 is 0.846 bits per heavy atom. The van der Waals surface area contributed by atoms with Crippen molar-refractivity contribution in [1.82, 2.24) is 15.2 Å². The van der Waals surface area contributed by atoms with E-state index in [0.717, 1.165) is 28.8 Å². The Kier molecular flexibility index (Phi) is 7.10. The number of amides is 3. The number of H-pyrrole nitrogens is 1. The number of thiophene rings is 1. The van der Waals surface area contributed by atoms with Crippen molar-refractivity contribution >= 4 is 40.5 Å². The summed E-state index contributed by atoms with van der Waals surface area (Å²) in [6, 6.07) is 17.6. The average Bonchev–Trinajstić information content (AvgIpc) is 3.62. The van der Waals surface area contributed by atoms with E-state index in [-0.39, 0.29) is 11.6 Å². The Bertz CT molecular complexity index is 1620. The minimum atomic E-state index is -4.46. The van der Waals surface area contributed by atoms with Crippen LogP contribution in [0.3, 0.4) is 0 Å². The van der Waals surface area contributed by atoms with E-state index in [9.17, 15) is 22.8 Å². The number of carbonyl (C=O) groups excluding carboxylic acids is 2. The molecule has 0 fully saturated rings. The number of nitrogens with zero attached hydrogens (tertiary/aromatic N) is 2. The maximum atomic E-state index is 12.8. The van der Waals surface area contributed by atoms with Gasteiger partial charge in [-0.1, -0.05) is 18.2 Å². The van der Waals surface area contributed by atoms with E-state index in [1.807, 2.05) is 11.4 Å². The second-order valence-electron chi connectivity index (χ2n) is 8.25. The Hall–Kier alpha value is -4.97. The van der Waals surface area contributed by atoms with Crippen molar-refractivity contribution in [2.75, 3.05) is 16.0 Å². The molecule has 0 saturated heterocycles. The third kappa shape index (κ3) is 6.13. The summed E-state index contributed by atoms with van der Waals surface area (Å²) in [5.41, 5.74) is 2.76. The molecule has 0 bridgehead atoms. The lowest BCUT2D eigenvalue weighted by molar-refractivity contribution is -0.137. The molecule has 8 nitrogen and oxygen atoms in total. The fraction of sp³-hybridized carbons (Fsp3) is 0.0370. The SMILES string of the molecule is O=C(Nc1ccc(C(F)(F)F)cc1)Nc1cccc(-c2[nH]ncc2-c2ccnc(NC(=O)c3cccs3)c2)c1. The van der Waals surface area contributed by atoms with Gasteiger partial charge in [0.15, 0.2) is 0 Å². The fourth-order valence-corrected chi connectivity index (χ4v) is 4.38. The van der Waals surface area contributed by atoms with E-state index in [0.29, 0.717) is 22.1 Å². The van der Waals surface area contributed by atoms with Crippen LogP contribution in [0.15, 0.2) is 90.6 Å². The number of hydrogen-bond donors (Lipinski definition) is 4. The first kappa shape index (κ1) is 25.7. The molecule has 0 unspecified atom stereocenters. The molecule has 5 rings (SSSR count). The van der Waals surface area contributed by atoms with Crippen molar-refractivity contribution in [3.63, 3.8) is 0 Å². The average molecular weight is 549 g/mol. The van der Waals surface area contributed by atoms with Gasteiger partial charge in [0.25, 0.3) is 5.91 Å². The summed E-state index contributed by atoms with van der Waals surface area (Å²) in [6.07, 6.45) is -1.23. The molecule has 2 aromatic carbocycles. The van der Waals surface area contributed by atoms with Crippen LogP contribution in [0.5, 0.6) is 0 Å². The van der Waals surface area contributed by atoms with Crippen LogP contribution in [0, 0.1) is 0 Å². The van der Waals surface area contributed by atoms with Crippen molar-refractivity contribution < 1.29 is 22.8 Å². The largest absolute Gasteiger partial charge is 0.416 e. The molecule has 39 heavy (non-hydrogen) atoms. The Balaban J connectivity index is 1.30. The molecule has 3 aromatic heterocycles. The normalized spacial score (nSPS) is 11.2. The highest BCUT2D eigenvalue weighted by atomic mass is 32.1. The van der Waals surface area contributed by atoms with E-state index in [1.54, 1.807) is 54.9 Å². The number of pyridine rings is 1. The molecule has 0 spiro atoms. The van der Waals surface area contributed by atoms with Gasteiger partial charge in [-0.25, -0.2) is 9.78 Å². The topological polar surface area (TPSA) is 112 Å². The first-order valence-corrected chi connectivity index (χ1v) is 12.3. The zero-order valence-electron chi connectivity index (χ0n) is 19.9. The van der Waals surface area contributed by atoms with Crippen molar-refractivity contribution in [2.24, 2.45) is 0 Å². The van der Waals surface area contributed by atoms with E-state index in [1.165, 1.54) is 23.5 Å². The number of aromatic nitrogens is 3. The molecule has 0 atom stereocenters. The van der Waals surface area contributed by atoms with Gasteiger partial charge in [0, 0.05) is 28.7 Å². The number of halogens is 3. The minimum absolute atomic E-state index is 0.215. The van der Waals surface area contributed by atoms with Crippen molar-refractivity contribution in [1.29, 1.82) is 0 Å². The highest BCUT2D eigenvalue weighted by Gasteiger charge is 2.30. The van der Waals surface area contributed by atoms with E-state index >= 15 is 0 Å². The summed E-state index contributed by atoms with van der Waals surface area (Å²) >= 11 is 1.33. The van der Waals surface area contributed by atoms with Crippen LogP contribution >= 0.6 is 11.3 Å². The number of benzene rings is 2. The summed E-state index contributed by atoms with van der Waals surface area (Å²) in [5.74, 6) is 0.129. The monoisotopic (exact) mass is 548 g/mol. The van der Waals surface area contributed by atoms with Crippen LogP contribution in [0.25, 0.3) is 22.4 Å². The third-order valence-corrected chi connectivity index (χ3v) is 6.44. The van der Waals surface area contributed by atoms with Gasteiger partial charge < -0.3 is 16.0 Å². The predicted molar refractivity (Wildman–Crippen MR) is 144 cm³/mol. The summed E-state index contributed by atoms with van der Waals surface area (Å²) in [6.45, 7) is 0. The van der Waals surface area contributed by atoms with Gasteiger partial charge in [0.05, 0.1) is 22.3 Å². The molecule has 0 aliphatic heterocycles. The molecule has 4 N–H and O–H groups in total. The lowest BCUT2D eigenvalue weighted by atomic mass is 10.0. The molecule has 5 aromatic rings. The van der Waals surface area contributed by atoms with Gasteiger partial charge in [-0.3, -0.25) is 9.89 Å². The number of carbonyl (C=O) groups is 2. The number of aromatic amines is 1. The molecule has 0 aliphatic carbocycles. The summed E-state index contributed by atoms with van der Waals surface area (Å²) in [4.78, 5) is 29.7. The van der Waals surface area contributed by atoms with Gasteiger partial charge >= 0.3 is 12.2 Å². The lowest BCUT2D eigenvalue weighted by Crippen LogP contribution is -2.19. The van der Waals surface area contributed by atoms with Gasteiger partial charge in [0.1, 0.15) is 5.82 Å². The van der Waals surface area contributed by atoms with E-state index in [2.05, 4.69) is 31.1 Å². The summed E-state index contributed by atoms with van der Waals surface area (Å²) in [5, 5.41) is 16.9. The maximum Gasteiger partial charge on any atom is 0.416 e. The second kappa shape index (κ2) is 10.8. The number of rotatable bonds is 6. The van der Waals surface area contributed by atoms with E-state index in [4.69, 9.17) is 0 Å². The Morgan fingerprint density at radius 2 is 1.64 bits per heavy atom. The standard InChI is InChI=1S/C27H19F3N6O2S/c28-27(29,30)18-6-8-19(9-7-18)33-26(38)34-20-4-1-3-17(13-20)24-21(15-32-36-24)16-10-11-31-23(14-16)35-25(37)22-5-2-12-39-22/h1-15H,(H,32,36)(H,31,35,37)(H2,33,34,38). The van der Waals surface area contributed by atoms with Gasteiger partial charge in [0.2, 0.25) is 0 Å². The van der Waals surface area contributed by atoms with Gasteiger partial charge in [-0.15, -0.1) is 11.3 Å². The number of urea groups is 1. The molecule has 3 amide bonds. The summed E-state index contributed by atoms with van der Waals surface area (Å²) in [7, 11) is 0. The first-order valence-electron chi connectivity index (χ1n) is 11.5. The lowest BCUT2D eigenvalue weighted by Gasteiger charge is -2.11. The Morgan fingerprint density at radius 3 is 2.38 bits per heavy atom. The van der Waals surface area contributed by atoms with E-state index < -0.39 is 17.8 Å². The minimum Gasteiger partial charge on any atom is -0.308 e. The number of alkyl halides is 3. The number of hydrogen-bond acceptors (Lipinski definition) is 5. The zero-order valence-corrected chi connectivity index (χ0v) is 20.7. The quantitative estimate of drug-likeness (QED) is 0.181. The molecule has 12 heteroatoms. The van der Waals surface area contributed by atoms with Crippen molar-refractivity contribution in [3.8, 4) is 22.4 Å². The fourth-order valence-electron chi connectivity index (χ4n) is 3.77. The van der Waals surface area contributed by atoms with Gasteiger partial charge in [-0.2, -0.15) is 18.3 Å². The smallest absolute Gasteiger partial charge is 0.308 e. The Labute approximate surface area is 223 Å². The molecule has 0 saturated carbocycles. The predicted octanol–water partition coefficient (Wildman–Crippen LogP) is 7.12. The van der Waals surface area contributed by atoms with Crippen LogP contribution < -0.4 is 16.0 Å². The highest BCUT2D eigenvalue weighted by molar-refractivity contribution is 7.12. The van der Waals surface area contributed by atoms with Crippen molar-refractivity contribution in [2.45, 2.75) is 6.18 Å². The van der Waals surface area contributed by atoms with Crippen LogP contribution in [-0.4, -0.2) is 27.1 Å². The molecule has 3 heterocycles. The molecular formula is C27H19F3N6O2S. The van der Waals surface area contributed by atoms with Crippen LogP contribution in [0.1, 0.15) is 15.2 Å². The third-order valence-electron chi connectivity index (χ3n) is 5.58. The first-order chi connectivity index (χ1) is 18.8. The van der Waals surface area contributed by atoms with Crippen LogP contribution in [0.2, 0.25) is 0 Å². The van der Waals surface area contributed by atoms with Crippen LogP contribution in [-0.2, 0) is 6.18 Å². The van der Waals surface area contributed by atoms with Crippen molar-refractivity contribution in [3.05, 3.63) is 101 Å². The second-order valence-corrected chi connectivity index (χ2v) is 9.20. The number of anilines is 3. The molecular weight excluding hydrogens is 529 g/mol. The highest BCUT2D eigenvalue weighted by Crippen LogP contribution is 2.33. The van der Waals surface area contributed by atoms with Gasteiger partial charge in [-0.05, 0) is 65.5 Å².